The van der Waals surface area contributed by atoms with Gasteiger partial charge in [0.25, 0.3) is 0 Å². The highest BCUT2D eigenvalue weighted by Crippen LogP contribution is 2.39. The number of hydrogen-bond acceptors (Lipinski definition) is 2. The fourth-order valence-electron chi connectivity index (χ4n) is 2.86. The number of aromatic carboxylic acids is 2. The van der Waals surface area contributed by atoms with E-state index in [0.717, 1.165) is 0 Å². The van der Waals surface area contributed by atoms with Gasteiger partial charge in [-0.3, -0.25) is 0 Å². The number of rotatable bonds is 3. The van der Waals surface area contributed by atoms with E-state index in [-0.39, 0.29) is 11.1 Å². The largest absolute Gasteiger partial charge is 0.478 e. The van der Waals surface area contributed by atoms with Crippen molar-refractivity contribution >= 4 is 27.9 Å². The standard InChI is InChI=1S/C17H23BrO4/c1-16(2,3)12-9(8-18)7-10(14(19)20)13(17(4,5)6)11(12)15(21)22/h7H,8H2,1-6H3,(H,19,20)(H,21,22). The van der Waals surface area contributed by atoms with Gasteiger partial charge in [0.05, 0.1) is 11.1 Å². The van der Waals surface area contributed by atoms with E-state index < -0.39 is 22.8 Å². The second kappa shape index (κ2) is 6.03. The number of benzene rings is 1. The maximum absolute atomic E-state index is 12.0. The first-order valence-electron chi connectivity index (χ1n) is 7.05. The molecule has 0 atom stereocenters. The molecule has 5 heteroatoms. The molecule has 0 bridgehead atoms. The zero-order valence-corrected chi connectivity index (χ0v) is 15.5. The van der Waals surface area contributed by atoms with Crippen molar-refractivity contribution in [3.05, 3.63) is 33.9 Å². The first kappa shape index (κ1) is 18.7. The summed E-state index contributed by atoms with van der Waals surface area (Å²) in [7, 11) is 0. The summed E-state index contributed by atoms with van der Waals surface area (Å²) in [6, 6.07) is 1.60. The molecule has 4 nitrogen and oxygen atoms in total. The maximum Gasteiger partial charge on any atom is 0.336 e. The van der Waals surface area contributed by atoms with Gasteiger partial charge in [0.2, 0.25) is 0 Å². The number of halogens is 1. The summed E-state index contributed by atoms with van der Waals surface area (Å²) in [4.78, 5) is 23.6. The Kier molecular flexibility index (Phi) is 5.12. The van der Waals surface area contributed by atoms with Crippen molar-refractivity contribution in [3.8, 4) is 0 Å². The minimum atomic E-state index is -1.10. The van der Waals surface area contributed by atoms with Crippen LogP contribution in [-0.2, 0) is 16.2 Å². The molecule has 0 saturated carbocycles. The van der Waals surface area contributed by atoms with Crippen LogP contribution in [-0.4, -0.2) is 22.2 Å². The lowest BCUT2D eigenvalue weighted by molar-refractivity contribution is 0.0689. The van der Waals surface area contributed by atoms with Crippen molar-refractivity contribution in [2.45, 2.75) is 57.7 Å². The van der Waals surface area contributed by atoms with Crippen LogP contribution in [0, 0.1) is 0 Å². The van der Waals surface area contributed by atoms with Crippen LogP contribution in [0.5, 0.6) is 0 Å². The lowest BCUT2D eigenvalue weighted by Crippen LogP contribution is -2.28. The Hall–Kier alpha value is -1.36. The lowest BCUT2D eigenvalue weighted by Gasteiger charge is -2.31. The third-order valence-electron chi connectivity index (χ3n) is 3.50. The Balaban J connectivity index is 4.12. The SMILES string of the molecule is CC(C)(C)c1c(CBr)cc(C(=O)O)c(C(C)(C)C)c1C(=O)O. The second-order valence-corrected chi connectivity index (χ2v) is 8.01. The van der Waals surface area contributed by atoms with E-state index in [0.29, 0.717) is 22.0 Å². The third-order valence-corrected chi connectivity index (χ3v) is 4.10. The summed E-state index contributed by atoms with van der Waals surface area (Å²) in [5, 5.41) is 19.7. The first-order valence-corrected chi connectivity index (χ1v) is 8.18. The number of hydrogen-bond donors (Lipinski definition) is 2. The van der Waals surface area contributed by atoms with E-state index in [9.17, 15) is 19.8 Å². The smallest absolute Gasteiger partial charge is 0.336 e. The molecule has 1 rings (SSSR count). The van der Waals surface area contributed by atoms with Crippen molar-refractivity contribution in [1.29, 1.82) is 0 Å². The van der Waals surface area contributed by atoms with Crippen LogP contribution in [0.2, 0.25) is 0 Å². The Labute approximate surface area is 139 Å². The molecule has 2 N–H and O–H groups in total. The van der Waals surface area contributed by atoms with Gasteiger partial charge in [-0.25, -0.2) is 9.59 Å². The van der Waals surface area contributed by atoms with Gasteiger partial charge in [0, 0.05) is 5.33 Å². The Bertz CT molecular complexity index is 619. The minimum absolute atomic E-state index is 0.0624. The molecular formula is C17H23BrO4. The van der Waals surface area contributed by atoms with E-state index >= 15 is 0 Å². The molecular weight excluding hydrogens is 348 g/mol. The zero-order chi connectivity index (χ0) is 17.5. The molecule has 22 heavy (non-hydrogen) atoms. The highest BCUT2D eigenvalue weighted by molar-refractivity contribution is 9.08. The lowest BCUT2D eigenvalue weighted by atomic mass is 9.72. The molecule has 0 aliphatic carbocycles. The molecule has 0 aliphatic heterocycles. The van der Waals surface area contributed by atoms with Crippen LogP contribution in [0.4, 0.5) is 0 Å². The molecule has 122 valence electrons. The molecule has 0 fully saturated rings. The summed E-state index contributed by atoms with van der Waals surface area (Å²) in [5.74, 6) is -2.18. The summed E-state index contributed by atoms with van der Waals surface area (Å²) in [5.41, 5.74) is 0.950. The number of alkyl halides is 1. The Morgan fingerprint density at radius 1 is 0.955 bits per heavy atom. The van der Waals surface area contributed by atoms with Gasteiger partial charge < -0.3 is 10.2 Å². The van der Waals surface area contributed by atoms with Crippen molar-refractivity contribution in [3.63, 3.8) is 0 Å². The quantitative estimate of drug-likeness (QED) is 0.763. The number of carbonyl (C=O) groups is 2. The maximum atomic E-state index is 12.0. The summed E-state index contributed by atoms with van der Waals surface area (Å²) < 4.78 is 0. The highest BCUT2D eigenvalue weighted by atomic mass is 79.9. The van der Waals surface area contributed by atoms with E-state index in [1.165, 1.54) is 0 Å². The average molecular weight is 371 g/mol. The fourth-order valence-corrected chi connectivity index (χ4v) is 3.30. The summed E-state index contributed by atoms with van der Waals surface area (Å²) in [6.07, 6.45) is 0. The topological polar surface area (TPSA) is 74.6 Å². The molecule has 0 spiro atoms. The number of carboxylic acids is 2. The Morgan fingerprint density at radius 3 is 1.68 bits per heavy atom. The predicted octanol–water partition coefficient (Wildman–Crippen LogP) is 4.57. The highest BCUT2D eigenvalue weighted by Gasteiger charge is 2.35. The van der Waals surface area contributed by atoms with Crippen LogP contribution in [0.3, 0.4) is 0 Å². The van der Waals surface area contributed by atoms with Crippen LogP contribution in [0.1, 0.15) is 78.9 Å². The van der Waals surface area contributed by atoms with Gasteiger partial charge >= 0.3 is 11.9 Å². The van der Waals surface area contributed by atoms with E-state index in [4.69, 9.17) is 0 Å². The van der Waals surface area contributed by atoms with Gasteiger partial charge in [-0.05, 0) is 33.6 Å². The molecule has 0 amide bonds. The monoisotopic (exact) mass is 370 g/mol. The molecule has 0 heterocycles. The summed E-state index contributed by atoms with van der Waals surface area (Å²) in [6.45, 7) is 11.3. The van der Waals surface area contributed by atoms with Gasteiger partial charge in [-0.2, -0.15) is 0 Å². The van der Waals surface area contributed by atoms with E-state index in [2.05, 4.69) is 15.9 Å². The van der Waals surface area contributed by atoms with E-state index in [1.807, 2.05) is 41.5 Å². The Morgan fingerprint density at radius 2 is 1.41 bits per heavy atom. The van der Waals surface area contributed by atoms with E-state index in [1.54, 1.807) is 6.07 Å². The molecule has 0 unspecified atom stereocenters. The molecule has 0 aliphatic rings. The van der Waals surface area contributed by atoms with Crippen molar-refractivity contribution < 1.29 is 19.8 Å². The zero-order valence-electron chi connectivity index (χ0n) is 13.9. The normalized spacial score (nSPS) is 12.3. The van der Waals surface area contributed by atoms with Crippen molar-refractivity contribution in [1.82, 2.24) is 0 Å². The number of carboxylic acid groups (broad SMARTS) is 2. The van der Waals surface area contributed by atoms with Gasteiger partial charge in [0.15, 0.2) is 0 Å². The first-order chi connectivity index (χ1) is 9.82. The average Bonchev–Trinajstić information content (AvgIpc) is 2.33. The van der Waals surface area contributed by atoms with Crippen LogP contribution < -0.4 is 0 Å². The predicted molar refractivity (Wildman–Crippen MR) is 90.4 cm³/mol. The molecule has 0 saturated heterocycles. The van der Waals surface area contributed by atoms with Gasteiger partial charge in [-0.15, -0.1) is 0 Å². The van der Waals surface area contributed by atoms with Gasteiger partial charge in [-0.1, -0.05) is 57.5 Å². The molecule has 1 aromatic carbocycles. The van der Waals surface area contributed by atoms with Crippen LogP contribution in [0.25, 0.3) is 0 Å². The second-order valence-electron chi connectivity index (χ2n) is 7.45. The van der Waals surface area contributed by atoms with Gasteiger partial charge in [0.1, 0.15) is 0 Å². The molecule has 0 radical (unpaired) electrons. The summed E-state index contributed by atoms with van der Waals surface area (Å²) >= 11 is 3.36. The molecule has 1 aromatic rings. The molecule has 0 aromatic heterocycles. The van der Waals surface area contributed by atoms with Crippen LogP contribution in [0.15, 0.2) is 6.07 Å². The van der Waals surface area contributed by atoms with Crippen molar-refractivity contribution in [2.75, 3.05) is 0 Å². The third kappa shape index (κ3) is 3.51. The minimum Gasteiger partial charge on any atom is -0.478 e. The van der Waals surface area contributed by atoms with Crippen LogP contribution >= 0.6 is 15.9 Å². The fraction of sp³-hybridized carbons (Fsp3) is 0.529. The van der Waals surface area contributed by atoms with Crippen molar-refractivity contribution in [2.24, 2.45) is 0 Å².